The first-order chi connectivity index (χ1) is 10.5. The number of aromatic nitrogens is 1. The Morgan fingerprint density at radius 3 is 2.64 bits per heavy atom. The average Bonchev–Trinajstić information content (AvgIpc) is 3.04. The molecular formula is C14H13ClN2O3S2. The molecule has 116 valence electrons. The number of carbonyl (C=O) groups is 2. The molecule has 0 aliphatic heterocycles. The van der Waals surface area contributed by atoms with E-state index in [-0.39, 0.29) is 5.91 Å². The SMILES string of the molecule is CN(C(=O)[C@@H]1CC[C@@H]1C(=O)O)c1nc(-c2ccc(Cl)s2)cs1. The number of hydrogen-bond donors (Lipinski definition) is 1. The van der Waals surface area contributed by atoms with E-state index in [1.54, 1.807) is 13.1 Å². The molecule has 1 fully saturated rings. The molecule has 0 radical (unpaired) electrons. The van der Waals surface area contributed by atoms with Gasteiger partial charge in [0.05, 0.1) is 26.7 Å². The third-order valence-corrected chi connectivity index (χ3v) is 6.01. The lowest BCUT2D eigenvalue weighted by atomic mass is 9.73. The fraction of sp³-hybridized carbons (Fsp3) is 0.357. The number of amides is 1. The number of aliphatic carboxylic acids is 1. The molecular weight excluding hydrogens is 344 g/mol. The van der Waals surface area contributed by atoms with Crippen molar-refractivity contribution in [2.45, 2.75) is 12.8 Å². The summed E-state index contributed by atoms with van der Waals surface area (Å²) in [7, 11) is 1.64. The number of nitrogens with zero attached hydrogens (tertiary/aromatic N) is 2. The summed E-state index contributed by atoms with van der Waals surface area (Å²) in [6.45, 7) is 0. The molecule has 1 aliphatic rings. The van der Waals surface area contributed by atoms with E-state index < -0.39 is 17.8 Å². The Labute approximate surface area is 140 Å². The summed E-state index contributed by atoms with van der Waals surface area (Å²) < 4.78 is 0.688. The number of carbonyl (C=O) groups excluding carboxylic acids is 1. The predicted molar refractivity (Wildman–Crippen MR) is 87.7 cm³/mol. The molecule has 2 heterocycles. The molecule has 0 unspecified atom stereocenters. The molecule has 1 amide bonds. The molecule has 0 bridgehead atoms. The van der Waals surface area contributed by atoms with Crippen LogP contribution in [0.1, 0.15) is 12.8 Å². The van der Waals surface area contributed by atoms with Crippen molar-refractivity contribution < 1.29 is 14.7 Å². The second-order valence-corrected chi connectivity index (χ2v) is 7.70. The van der Waals surface area contributed by atoms with Crippen LogP contribution in [0.25, 0.3) is 10.6 Å². The number of carboxylic acid groups (broad SMARTS) is 1. The first-order valence-corrected chi connectivity index (χ1v) is 8.76. The highest BCUT2D eigenvalue weighted by Gasteiger charge is 2.43. The van der Waals surface area contributed by atoms with Crippen molar-refractivity contribution in [3.8, 4) is 10.6 Å². The predicted octanol–water partition coefficient (Wildman–Crippen LogP) is 3.60. The maximum Gasteiger partial charge on any atom is 0.307 e. The van der Waals surface area contributed by atoms with Gasteiger partial charge in [-0.15, -0.1) is 22.7 Å². The van der Waals surface area contributed by atoms with Crippen LogP contribution in [0.2, 0.25) is 4.34 Å². The molecule has 3 rings (SSSR count). The monoisotopic (exact) mass is 356 g/mol. The molecule has 2 aromatic heterocycles. The lowest BCUT2D eigenvalue weighted by Crippen LogP contribution is -2.44. The van der Waals surface area contributed by atoms with E-state index in [0.29, 0.717) is 22.3 Å². The van der Waals surface area contributed by atoms with Crippen molar-refractivity contribution in [1.82, 2.24) is 4.98 Å². The van der Waals surface area contributed by atoms with Gasteiger partial charge in [-0.1, -0.05) is 11.6 Å². The summed E-state index contributed by atoms with van der Waals surface area (Å²) >= 11 is 8.71. The van der Waals surface area contributed by atoms with Gasteiger partial charge in [-0.05, 0) is 25.0 Å². The van der Waals surface area contributed by atoms with E-state index in [4.69, 9.17) is 16.7 Å². The molecule has 0 spiro atoms. The van der Waals surface area contributed by atoms with Crippen molar-refractivity contribution in [2.75, 3.05) is 11.9 Å². The van der Waals surface area contributed by atoms with E-state index in [2.05, 4.69) is 4.98 Å². The largest absolute Gasteiger partial charge is 0.481 e. The quantitative estimate of drug-likeness (QED) is 0.908. The molecule has 1 N–H and O–H groups in total. The van der Waals surface area contributed by atoms with E-state index in [1.165, 1.54) is 27.6 Å². The van der Waals surface area contributed by atoms with E-state index >= 15 is 0 Å². The van der Waals surface area contributed by atoms with Crippen LogP contribution >= 0.6 is 34.3 Å². The maximum absolute atomic E-state index is 12.4. The fourth-order valence-corrected chi connectivity index (χ4v) is 4.29. The van der Waals surface area contributed by atoms with Gasteiger partial charge in [-0.2, -0.15) is 0 Å². The van der Waals surface area contributed by atoms with Gasteiger partial charge in [0.25, 0.3) is 0 Å². The Morgan fingerprint density at radius 2 is 2.09 bits per heavy atom. The molecule has 2 atom stereocenters. The van der Waals surface area contributed by atoms with Gasteiger partial charge in [0.2, 0.25) is 5.91 Å². The molecule has 2 aromatic rings. The molecule has 1 aliphatic carbocycles. The normalized spacial score (nSPS) is 20.5. The van der Waals surface area contributed by atoms with Crippen LogP contribution in [-0.2, 0) is 9.59 Å². The lowest BCUT2D eigenvalue weighted by molar-refractivity contribution is -0.151. The molecule has 8 heteroatoms. The molecule has 22 heavy (non-hydrogen) atoms. The summed E-state index contributed by atoms with van der Waals surface area (Å²) in [5.41, 5.74) is 0.778. The highest BCUT2D eigenvalue weighted by atomic mass is 35.5. The summed E-state index contributed by atoms with van der Waals surface area (Å²) in [4.78, 5) is 30.3. The standard InChI is InChI=1S/C14H13ClN2O3S2/c1-17(12(18)7-2-3-8(7)13(19)20)14-16-9(6-21-14)10-4-5-11(15)22-10/h4-8H,2-3H2,1H3,(H,19,20)/t7-,8+/m1/s1. The van der Waals surface area contributed by atoms with Gasteiger partial charge in [-0.3, -0.25) is 14.5 Å². The Balaban J connectivity index is 1.75. The summed E-state index contributed by atoms with van der Waals surface area (Å²) in [5, 5.41) is 11.5. The van der Waals surface area contributed by atoms with Crippen molar-refractivity contribution in [1.29, 1.82) is 0 Å². The zero-order chi connectivity index (χ0) is 15.9. The van der Waals surface area contributed by atoms with Crippen LogP contribution < -0.4 is 4.90 Å². The highest BCUT2D eigenvalue weighted by molar-refractivity contribution is 7.20. The van der Waals surface area contributed by atoms with Crippen LogP contribution in [0, 0.1) is 11.8 Å². The van der Waals surface area contributed by atoms with Crippen molar-refractivity contribution in [2.24, 2.45) is 11.8 Å². The Bertz CT molecular complexity index is 727. The summed E-state index contributed by atoms with van der Waals surface area (Å²) in [6, 6.07) is 3.70. The first kappa shape index (κ1) is 15.5. The number of carboxylic acids is 1. The maximum atomic E-state index is 12.4. The summed E-state index contributed by atoms with van der Waals surface area (Å²) in [5.74, 6) is -2.08. The van der Waals surface area contributed by atoms with E-state index in [0.717, 1.165) is 10.6 Å². The van der Waals surface area contributed by atoms with Crippen molar-refractivity contribution >= 4 is 51.3 Å². The number of rotatable bonds is 4. The van der Waals surface area contributed by atoms with Crippen molar-refractivity contribution in [3.05, 3.63) is 21.8 Å². The van der Waals surface area contributed by atoms with Crippen LogP contribution in [0.5, 0.6) is 0 Å². The average molecular weight is 357 g/mol. The van der Waals surface area contributed by atoms with Gasteiger partial charge in [-0.25, -0.2) is 4.98 Å². The fourth-order valence-electron chi connectivity index (χ4n) is 2.42. The van der Waals surface area contributed by atoms with E-state index in [1.807, 2.05) is 11.4 Å². The Kier molecular flexibility index (Phi) is 4.20. The second kappa shape index (κ2) is 5.98. The summed E-state index contributed by atoms with van der Waals surface area (Å²) in [6.07, 6.45) is 1.19. The van der Waals surface area contributed by atoms with Gasteiger partial charge < -0.3 is 5.11 Å². The lowest BCUT2D eigenvalue weighted by Gasteiger charge is -2.34. The smallest absolute Gasteiger partial charge is 0.307 e. The molecule has 0 saturated heterocycles. The minimum Gasteiger partial charge on any atom is -0.481 e. The highest BCUT2D eigenvalue weighted by Crippen LogP contribution is 2.38. The van der Waals surface area contributed by atoms with Crippen LogP contribution in [0.4, 0.5) is 5.13 Å². The zero-order valence-electron chi connectivity index (χ0n) is 11.7. The van der Waals surface area contributed by atoms with E-state index in [9.17, 15) is 9.59 Å². The number of thiazole rings is 1. The number of hydrogen-bond acceptors (Lipinski definition) is 5. The van der Waals surface area contributed by atoms with Gasteiger partial charge in [0, 0.05) is 12.4 Å². The minimum absolute atomic E-state index is 0.177. The molecule has 0 aromatic carbocycles. The first-order valence-electron chi connectivity index (χ1n) is 6.69. The molecule has 5 nitrogen and oxygen atoms in total. The molecule has 1 saturated carbocycles. The Morgan fingerprint density at radius 1 is 1.36 bits per heavy atom. The Hall–Kier alpha value is -1.44. The number of anilines is 1. The van der Waals surface area contributed by atoms with Gasteiger partial charge in [0.1, 0.15) is 0 Å². The third kappa shape index (κ3) is 2.76. The minimum atomic E-state index is -0.897. The third-order valence-electron chi connectivity index (χ3n) is 3.84. The van der Waals surface area contributed by atoms with Crippen LogP contribution in [0.15, 0.2) is 17.5 Å². The number of thiophene rings is 1. The second-order valence-electron chi connectivity index (χ2n) is 5.14. The number of halogens is 1. The zero-order valence-corrected chi connectivity index (χ0v) is 14.0. The van der Waals surface area contributed by atoms with Gasteiger partial charge in [0.15, 0.2) is 5.13 Å². The topological polar surface area (TPSA) is 70.5 Å². The van der Waals surface area contributed by atoms with Gasteiger partial charge >= 0.3 is 5.97 Å². The van der Waals surface area contributed by atoms with Crippen LogP contribution in [0.3, 0.4) is 0 Å². The van der Waals surface area contributed by atoms with Crippen molar-refractivity contribution in [3.63, 3.8) is 0 Å². The van der Waals surface area contributed by atoms with Crippen LogP contribution in [-0.4, -0.2) is 29.0 Å².